The van der Waals surface area contributed by atoms with Gasteiger partial charge in [-0.15, -0.1) is 10.2 Å². The predicted molar refractivity (Wildman–Crippen MR) is 119 cm³/mol. The van der Waals surface area contributed by atoms with Gasteiger partial charge in [0.05, 0.1) is 28.5 Å². The molecule has 158 valence electrons. The van der Waals surface area contributed by atoms with E-state index in [2.05, 4.69) is 20.6 Å². The molecule has 0 aliphatic rings. The Bertz CT molecular complexity index is 1220. The Balaban J connectivity index is 1.44. The smallest absolute Gasteiger partial charge is 0.234 e. The first-order valence-electron chi connectivity index (χ1n) is 9.63. The number of halogens is 1. The van der Waals surface area contributed by atoms with Crippen LogP contribution in [0.1, 0.15) is 11.4 Å². The summed E-state index contributed by atoms with van der Waals surface area (Å²) >= 11 is 1.28. The molecule has 0 spiro atoms. The minimum Gasteiger partial charge on any atom is -0.322 e. The third-order valence-corrected chi connectivity index (χ3v) is 5.85. The lowest BCUT2D eigenvalue weighted by Gasteiger charge is -2.07. The summed E-state index contributed by atoms with van der Waals surface area (Å²) < 4.78 is 16.8. The number of benzene rings is 2. The lowest BCUT2D eigenvalue weighted by atomic mass is 10.2. The third kappa shape index (κ3) is 4.36. The number of amides is 1. The number of nitrogens with zero attached hydrogens (tertiary/aromatic N) is 5. The number of aromatic nitrogens is 5. The van der Waals surface area contributed by atoms with Crippen molar-refractivity contribution in [2.24, 2.45) is 7.05 Å². The molecule has 0 unspecified atom stereocenters. The number of nitrogens with one attached hydrogen (secondary N) is 1. The van der Waals surface area contributed by atoms with E-state index < -0.39 is 0 Å². The second-order valence-electron chi connectivity index (χ2n) is 7.00. The van der Waals surface area contributed by atoms with Crippen molar-refractivity contribution in [2.75, 3.05) is 11.1 Å². The van der Waals surface area contributed by atoms with Gasteiger partial charge in [-0.1, -0.05) is 30.0 Å². The molecule has 0 atom stereocenters. The Kier molecular flexibility index (Phi) is 5.85. The van der Waals surface area contributed by atoms with Crippen LogP contribution in [0.5, 0.6) is 0 Å². The van der Waals surface area contributed by atoms with Crippen LogP contribution in [0.2, 0.25) is 0 Å². The average molecular weight is 437 g/mol. The van der Waals surface area contributed by atoms with Crippen molar-refractivity contribution in [3.8, 4) is 17.1 Å². The van der Waals surface area contributed by atoms with Crippen LogP contribution in [-0.4, -0.2) is 36.2 Å². The molecule has 1 N–H and O–H groups in total. The van der Waals surface area contributed by atoms with E-state index in [9.17, 15) is 9.18 Å². The van der Waals surface area contributed by atoms with E-state index in [1.807, 2.05) is 55.9 Å². The van der Waals surface area contributed by atoms with E-state index in [1.165, 1.54) is 23.9 Å². The maximum absolute atomic E-state index is 13.2. The molecule has 7 nitrogen and oxygen atoms in total. The number of hydrogen-bond donors (Lipinski definition) is 1. The number of hydrogen-bond acceptors (Lipinski definition) is 5. The first kappa shape index (κ1) is 20.8. The summed E-state index contributed by atoms with van der Waals surface area (Å²) in [6, 6.07) is 15.8. The van der Waals surface area contributed by atoms with Crippen molar-refractivity contribution in [2.45, 2.75) is 19.0 Å². The molecule has 4 aromatic rings. The van der Waals surface area contributed by atoms with Crippen molar-refractivity contribution in [3.05, 3.63) is 71.8 Å². The molecular formula is C22H21FN6OS. The fourth-order valence-corrected chi connectivity index (χ4v) is 3.95. The molecular weight excluding hydrogens is 415 g/mol. The van der Waals surface area contributed by atoms with E-state index in [0.29, 0.717) is 16.7 Å². The first-order chi connectivity index (χ1) is 14.9. The zero-order valence-electron chi connectivity index (χ0n) is 17.3. The molecule has 0 saturated carbocycles. The molecule has 0 fully saturated rings. The lowest BCUT2D eigenvalue weighted by Crippen LogP contribution is -2.15. The molecule has 0 aliphatic carbocycles. The molecule has 4 rings (SSSR count). The lowest BCUT2D eigenvalue weighted by molar-refractivity contribution is -0.113. The Morgan fingerprint density at radius 3 is 2.48 bits per heavy atom. The van der Waals surface area contributed by atoms with E-state index >= 15 is 0 Å². The number of anilines is 1. The van der Waals surface area contributed by atoms with Crippen LogP contribution >= 0.6 is 11.8 Å². The highest BCUT2D eigenvalue weighted by Gasteiger charge is 2.17. The number of carbonyl (C=O) groups is 1. The number of rotatable bonds is 6. The molecule has 0 aliphatic heterocycles. The minimum atomic E-state index is -0.307. The standard InChI is InChI=1S/C22H21FN6OS/c1-14-20(15(2)29(27-14)18-7-5-4-6-8-18)24-19(30)13-31-22-26-25-21(28(22)3)16-9-11-17(23)12-10-16/h4-12H,13H2,1-3H3,(H,24,30). The van der Waals surface area contributed by atoms with Gasteiger partial charge in [0.25, 0.3) is 0 Å². The van der Waals surface area contributed by atoms with Gasteiger partial charge in [-0.05, 0) is 50.2 Å². The Hall–Kier alpha value is -3.46. The maximum atomic E-state index is 13.2. The van der Waals surface area contributed by atoms with Crippen molar-refractivity contribution in [1.29, 1.82) is 0 Å². The molecule has 0 radical (unpaired) electrons. The fourth-order valence-electron chi connectivity index (χ4n) is 3.24. The number of thioether (sulfide) groups is 1. The highest BCUT2D eigenvalue weighted by Crippen LogP contribution is 2.25. The highest BCUT2D eigenvalue weighted by molar-refractivity contribution is 7.99. The van der Waals surface area contributed by atoms with Gasteiger partial charge < -0.3 is 9.88 Å². The SMILES string of the molecule is Cc1nn(-c2ccccc2)c(C)c1NC(=O)CSc1nnc(-c2ccc(F)cc2)n1C. The molecule has 0 bridgehead atoms. The Labute approximate surface area is 183 Å². The maximum Gasteiger partial charge on any atom is 0.234 e. The van der Waals surface area contributed by atoms with Gasteiger partial charge >= 0.3 is 0 Å². The van der Waals surface area contributed by atoms with Crippen LogP contribution in [0.4, 0.5) is 10.1 Å². The predicted octanol–water partition coefficient (Wildman–Crippen LogP) is 4.15. The zero-order chi connectivity index (χ0) is 22.0. The van der Waals surface area contributed by atoms with Crippen LogP contribution in [0.3, 0.4) is 0 Å². The van der Waals surface area contributed by atoms with Crippen molar-refractivity contribution < 1.29 is 9.18 Å². The average Bonchev–Trinajstić information content (AvgIpc) is 3.28. The van der Waals surface area contributed by atoms with Gasteiger partial charge in [-0.25, -0.2) is 9.07 Å². The summed E-state index contributed by atoms with van der Waals surface area (Å²) in [5.41, 5.74) is 4.01. The number of carbonyl (C=O) groups excluding carboxylic acids is 1. The van der Waals surface area contributed by atoms with Crippen molar-refractivity contribution in [3.63, 3.8) is 0 Å². The topological polar surface area (TPSA) is 77.6 Å². The van der Waals surface area contributed by atoms with E-state index in [-0.39, 0.29) is 17.5 Å². The molecule has 2 aromatic heterocycles. The Morgan fingerprint density at radius 2 is 1.77 bits per heavy atom. The van der Waals surface area contributed by atoms with Gasteiger partial charge in [-0.3, -0.25) is 4.79 Å². The second kappa shape index (κ2) is 8.73. The van der Waals surface area contributed by atoms with Gasteiger partial charge in [0.1, 0.15) is 5.82 Å². The summed E-state index contributed by atoms with van der Waals surface area (Å²) in [6.45, 7) is 3.79. The summed E-state index contributed by atoms with van der Waals surface area (Å²) in [4.78, 5) is 12.6. The molecule has 2 aromatic carbocycles. The van der Waals surface area contributed by atoms with E-state index in [4.69, 9.17) is 0 Å². The number of aryl methyl sites for hydroxylation is 1. The van der Waals surface area contributed by atoms with E-state index in [1.54, 1.807) is 16.7 Å². The zero-order valence-corrected chi connectivity index (χ0v) is 18.2. The monoisotopic (exact) mass is 436 g/mol. The van der Waals surface area contributed by atoms with Crippen molar-refractivity contribution in [1.82, 2.24) is 24.5 Å². The quantitative estimate of drug-likeness (QED) is 0.460. The van der Waals surface area contributed by atoms with Crippen LogP contribution in [0.25, 0.3) is 17.1 Å². The highest BCUT2D eigenvalue weighted by atomic mass is 32.2. The minimum absolute atomic E-state index is 0.157. The molecule has 0 saturated heterocycles. The normalized spacial score (nSPS) is 11.0. The van der Waals surface area contributed by atoms with Crippen LogP contribution in [-0.2, 0) is 11.8 Å². The summed E-state index contributed by atoms with van der Waals surface area (Å²) in [7, 11) is 1.82. The van der Waals surface area contributed by atoms with Gasteiger partial charge in [-0.2, -0.15) is 5.10 Å². The van der Waals surface area contributed by atoms with Crippen LogP contribution in [0.15, 0.2) is 59.8 Å². The van der Waals surface area contributed by atoms with Crippen molar-refractivity contribution >= 4 is 23.4 Å². The fraction of sp³-hybridized carbons (Fsp3) is 0.182. The van der Waals surface area contributed by atoms with Crippen LogP contribution < -0.4 is 5.32 Å². The first-order valence-corrected chi connectivity index (χ1v) is 10.6. The number of para-hydroxylation sites is 1. The molecule has 9 heteroatoms. The van der Waals surface area contributed by atoms with Gasteiger partial charge in [0.15, 0.2) is 11.0 Å². The largest absolute Gasteiger partial charge is 0.322 e. The summed E-state index contributed by atoms with van der Waals surface area (Å²) in [6.07, 6.45) is 0. The summed E-state index contributed by atoms with van der Waals surface area (Å²) in [5.74, 6) is 0.317. The summed E-state index contributed by atoms with van der Waals surface area (Å²) in [5, 5.41) is 16.4. The second-order valence-corrected chi connectivity index (χ2v) is 7.94. The molecule has 31 heavy (non-hydrogen) atoms. The van der Waals surface area contributed by atoms with Crippen LogP contribution in [0, 0.1) is 19.7 Å². The van der Waals surface area contributed by atoms with Gasteiger partial charge in [0, 0.05) is 12.6 Å². The molecule has 2 heterocycles. The third-order valence-electron chi connectivity index (χ3n) is 4.83. The van der Waals surface area contributed by atoms with Gasteiger partial charge in [0.2, 0.25) is 5.91 Å². The molecule has 1 amide bonds. The Morgan fingerprint density at radius 1 is 1.06 bits per heavy atom. The van der Waals surface area contributed by atoms with E-state index in [0.717, 1.165) is 22.6 Å².